The monoisotopic (exact) mass is 429 g/mol. The SMILES string of the molecule is O=C([O-])CN(CCN(CC(=O)[O-])CC(=O)[O-])CC(=O)[O-].[Cu].[K+].[K+]. The fourth-order valence-corrected chi connectivity index (χ4v) is 1.44. The first kappa shape index (κ1) is 32.3. The summed E-state index contributed by atoms with van der Waals surface area (Å²) in [6, 6.07) is 0. The molecule has 0 bridgehead atoms. The van der Waals surface area contributed by atoms with Gasteiger partial charge in [0.05, 0.1) is 23.9 Å². The zero-order chi connectivity index (χ0) is 15.7. The van der Waals surface area contributed by atoms with Gasteiger partial charge in [-0.15, -0.1) is 0 Å². The molecule has 0 saturated carbocycles. The van der Waals surface area contributed by atoms with Crippen LogP contribution in [0.25, 0.3) is 0 Å². The molecule has 0 atom stereocenters. The number of nitrogens with zero attached hydrogens (tertiary/aromatic N) is 2. The summed E-state index contributed by atoms with van der Waals surface area (Å²) in [4.78, 5) is 43.4. The van der Waals surface area contributed by atoms with Gasteiger partial charge in [0.1, 0.15) is 0 Å². The maximum atomic E-state index is 10.4. The fraction of sp³-hybridized carbons (Fsp3) is 0.600. The van der Waals surface area contributed by atoms with Gasteiger partial charge in [-0.1, -0.05) is 0 Å². The average Bonchev–Trinajstić information content (AvgIpc) is 2.22. The number of carbonyl (C=O) groups excluding carboxylic acids is 4. The summed E-state index contributed by atoms with van der Waals surface area (Å²) in [6.45, 7) is -3.25. The summed E-state index contributed by atoms with van der Waals surface area (Å²) >= 11 is 0. The van der Waals surface area contributed by atoms with Gasteiger partial charge in [-0.25, -0.2) is 0 Å². The van der Waals surface area contributed by atoms with Gasteiger partial charge in [-0.3, -0.25) is 9.80 Å². The largest absolute Gasteiger partial charge is 1.00 e. The molecule has 0 amide bonds. The molecule has 0 aromatic carbocycles. The van der Waals surface area contributed by atoms with E-state index in [2.05, 4.69) is 0 Å². The van der Waals surface area contributed by atoms with Crippen LogP contribution in [-0.2, 0) is 36.2 Å². The van der Waals surface area contributed by atoms with Crippen LogP contribution in [0.15, 0.2) is 0 Å². The number of hydrogen-bond donors (Lipinski definition) is 0. The fourth-order valence-electron chi connectivity index (χ4n) is 1.44. The van der Waals surface area contributed by atoms with E-state index in [9.17, 15) is 39.6 Å². The first-order valence-corrected chi connectivity index (χ1v) is 5.44. The van der Waals surface area contributed by atoms with Gasteiger partial charge >= 0.3 is 103 Å². The molecule has 125 valence electrons. The van der Waals surface area contributed by atoms with Crippen molar-refractivity contribution in [1.82, 2.24) is 9.80 Å². The predicted octanol–water partition coefficient (Wildman–Crippen LogP) is -13.4. The molecule has 0 aromatic rings. The van der Waals surface area contributed by atoms with E-state index in [-0.39, 0.29) is 133 Å². The van der Waals surface area contributed by atoms with Gasteiger partial charge in [0, 0.05) is 56.3 Å². The number of hydrogen-bond acceptors (Lipinski definition) is 10. The molecule has 13 heteroatoms. The van der Waals surface area contributed by atoms with Crippen molar-refractivity contribution in [1.29, 1.82) is 0 Å². The van der Waals surface area contributed by atoms with E-state index < -0.39 is 50.1 Å². The van der Waals surface area contributed by atoms with Crippen molar-refractivity contribution < 1.29 is 159 Å². The third kappa shape index (κ3) is 21.5. The van der Waals surface area contributed by atoms with Crippen molar-refractivity contribution in [2.24, 2.45) is 0 Å². The first-order chi connectivity index (χ1) is 9.20. The van der Waals surface area contributed by atoms with E-state index in [1.54, 1.807) is 0 Å². The van der Waals surface area contributed by atoms with Crippen LogP contribution in [0.2, 0.25) is 0 Å². The molecule has 0 N–H and O–H groups in total. The van der Waals surface area contributed by atoms with Gasteiger partial charge in [-0.05, 0) is 0 Å². The molecule has 0 rings (SSSR count). The van der Waals surface area contributed by atoms with Crippen molar-refractivity contribution in [3.63, 3.8) is 0 Å². The summed E-state index contributed by atoms with van der Waals surface area (Å²) in [5.74, 6) is -6.12. The van der Waals surface area contributed by atoms with E-state index in [1.807, 2.05) is 0 Å². The molecular weight excluding hydrogens is 418 g/mol. The Morgan fingerprint density at radius 1 is 0.565 bits per heavy atom. The van der Waals surface area contributed by atoms with E-state index in [4.69, 9.17) is 0 Å². The van der Waals surface area contributed by atoms with Crippen LogP contribution in [0.5, 0.6) is 0 Å². The van der Waals surface area contributed by atoms with Crippen LogP contribution < -0.4 is 123 Å². The molecule has 0 fully saturated rings. The van der Waals surface area contributed by atoms with Crippen molar-refractivity contribution in [3.8, 4) is 0 Å². The minimum Gasteiger partial charge on any atom is -0.549 e. The minimum absolute atomic E-state index is 0. The van der Waals surface area contributed by atoms with Crippen LogP contribution >= 0.6 is 0 Å². The van der Waals surface area contributed by atoms with Crippen LogP contribution in [0.3, 0.4) is 0 Å². The Labute approximate surface area is 228 Å². The Bertz CT molecular complexity index is 331. The number of rotatable bonds is 11. The molecule has 0 aromatic heterocycles. The maximum absolute atomic E-state index is 10.4. The average molecular weight is 430 g/mol. The zero-order valence-corrected chi connectivity index (χ0v) is 19.9. The van der Waals surface area contributed by atoms with Gasteiger partial charge in [0.25, 0.3) is 0 Å². The van der Waals surface area contributed by atoms with Gasteiger partial charge in [0.15, 0.2) is 0 Å². The van der Waals surface area contributed by atoms with Crippen LogP contribution in [-0.4, -0.2) is 72.9 Å². The Balaban J connectivity index is -0.000000602. The molecular formula is C10H12CuK2N2O8-2. The molecule has 0 spiro atoms. The normalized spacial score (nSPS) is 9.30. The van der Waals surface area contributed by atoms with Gasteiger partial charge in [-0.2, -0.15) is 0 Å². The standard InChI is InChI=1S/C10H16N2O8.Cu.2K/c13-7(14)3-11(4-8(15)16)1-2-12(5-9(17)18)6-10(19)20;;;/h1-6H2,(H,13,14)(H,15,16)(H,17,18)(H,19,20);;;/q;;2*+1/p-4. The number of carboxylic acids is 4. The second-order valence-corrected chi connectivity index (χ2v) is 3.91. The molecule has 1 radical (unpaired) electrons. The van der Waals surface area contributed by atoms with Crippen molar-refractivity contribution in [3.05, 3.63) is 0 Å². The van der Waals surface area contributed by atoms with Crippen LogP contribution in [0.1, 0.15) is 0 Å². The van der Waals surface area contributed by atoms with Gasteiger partial charge in [0.2, 0.25) is 0 Å². The summed E-state index contributed by atoms with van der Waals surface area (Å²) in [6.07, 6.45) is 0. The summed E-state index contributed by atoms with van der Waals surface area (Å²) < 4.78 is 0. The smallest absolute Gasteiger partial charge is 0.549 e. The third-order valence-corrected chi connectivity index (χ3v) is 2.14. The van der Waals surface area contributed by atoms with Gasteiger partial charge < -0.3 is 39.6 Å². The maximum Gasteiger partial charge on any atom is 1.00 e. The predicted molar refractivity (Wildman–Crippen MR) is 52.9 cm³/mol. The van der Waals surface area contributed by atoms with E-state index in [1.165, 1.54) is 0 Å². The minimum atomic E-state index is -1.53. The number of aliphatic carboxylic acids is 4. The van der Waals surface area contributed by atoms with Crippen LogP contribution in [0, 0.1) is 0 Å². The second-order valence-electron chi connectivity index (χ2n) is 3.91. The zero-order valence-electron chi connectivity index (χ0n) is 12.7. The van der Waals surface area contributed by atoms with E-state index >= 15 is 0 Å². The first-order valence-electron chi connectivity index (χ1n) is 5.44. The van der Waals surface area contributed by atoms with Crippen molar-refractivity contribution in [2.45, 2.75) is 0 Å². The molecule has 0 heterocycles. The molecule has 10 nitrogen and oxygen atoms in total. The number of carbonyl (C=O) groups is 4. The molecule has 23 heavy (non-hydrogen) atoms. The van der Waals surface area contributed by atoms with E-state index in [0.29, 0.717) is 0 Å². The molecule has 0 aliphatic carbocycles. The molecule has 0 saturated heterocycles. The van der Waals surface area contributed by atoms with Crippen LogP contribution in [0.4, 0.5) is 0 Å². The Morgan fingerprint density at radius 2 is 0.739 bits per heavy atom. The summed E-state index contributed by atoms with van der Waals surface area (Å²) in [5, 5.41) is 41.6. The van der Waals surface area contributed by atoms with Crippen molar-refractivity contribution >= 4 is 23.9 Å². The second kappa shape index (κ2) is 18.4. The van der Waals surface area contributed by atoms with Crippen molar-refractivity contribution in [2.75, 3.05) is 39.3 Å². The Kier molecular flexibility index (Phi) is 25.8. The number of carboxylic acid groups (broad SMARTS) is 4. The molecule has 0 unspecified atom stereocenters. The Morgan fingerprint density at radius 3 is 0.870 bits per heavy atom. The summed E-state index contributed by atoms with van der Waals surface area (Å²) in [7, 11) is 0. The third-order valence-electron chi connectivity index (χ3n) is 2.14. The quantitative estimate of drug-likeness (QED) is 0.287. The van der Waals surface area contributed by atoms with E-state index in [0.717, 1.165) is 9.80 Å². The topological polar surface area (TPSA) is 167 Å². The molecule has 0 aliphatic rings. The molecule has 0 aliphatic heterocycles. The summed E-state index contributed by atoms with van der Waals surface area (Å²) in [5.41, 5.74) is 0. The Hall–Kier alpha value is 1.59.